The van der Waals surface area contributed by atoms with Crippen molar-refractivity contribution >= 4 is 17.7 Å². The van der Waals surface area contributed by atoms with E-state index in [4.69, 9.17) is 0 Å². The van der Waals surface area contributed by atoms with E-state index in [1.165, 1.54) is 6.07 Å². The molecule has 0 fully saturated rings. The van der Waals surface area contributed by atoms with Crippen molar-refractivity contribution in [2.75, 3.05) is 5.32 Å². The van der Waals surface area contributed by atoms with E-state index in [1.807, 2.05) is 43.8 Å². The molecule has 1 aliphatic heterocycles. The lowest BCUT2D eigenvalue weighted by atomic mass is 10.1. The standard InChI is InChI=1S/C24H24F2N8O/c1-14-10-27-24(30-20-7-8-28-32(20)3)31-21(14)16-9-19-23(35)34(15(2)11-33(19)12-16)13-17-5-4-6-18(29-17)22(25)26/h4-10,12,15,22H,11,13H2,1-3H3,(H,27,30,31)/t15-/m1/s1. The fourth-order valence-electron chi connectivity index (χ4n) is 4.22. The summed E-state index contributed by atoms with van der Waals surface area (Å²) in [5, 5.41) is 7.28. The average Bonchev–Trinajstić information content (AvgIpc) is 3.44. The number of amides is 1. The predicted octanol–water partition coefficient (Wildman–Crippen LogP) is 4.11. The van der Waals surface area contributed by atoms with E-state index in [2.05, 4.69) is 25.4 Å². The van der Waals surface area contributed by atoms with Crippen molar-refractivity contribution in [3.8, 4) is 11.3 Å². The number of nitrogens with one attached hydrogen (secondary N) is 1. The van der Waals surface area contributed by atoms with Gasteiger partial charge in [-0.25, -0.2) is 23.7 Å². The lowest BCUT2D eigenvalue weighted by molar-refractivity contribution is 0.0592. The number of aryl methyl sites for hydroxylation is 2. The van der Waals surface area contributed by atoms with Crippen LogP contribution < -0.4 is 5.32 Å². The second-order valence-electron chi connectivity index (χ2n) is 8.59. The normalized spacial score (nSPS) is 15.5. The number of fused-ring (bicyclic) bond motifs is 1. The Kier molecular flexibility index (Phi) is 5.75. The van der Waals surface area contributed by atoms with Gasteiger partial charge < -0.3 is 14.8 Å². The van der Waals surface area contributed by atoms with Crippen LogP contribution in [0.4, 0.5) is 20.5 Å². The van der Waals surface area contributed by atoms with Crippen molar-refractivity contribution in [1.29, 1.82) is 0 Å². The molecule has 11 heteroatoms. The fraction of sp³-hybridized carbons (Fsp3) is 0.292. The molecule has 5 rings (SSSR count). The van der Waals surface area contributed by atoms with E-state index in [9.17, 15) is 13.6 Å². The number of hydrogen-bond acceptors (Lipinski definition) is 6. The van der Waals surface area contributed by atoms with Gasteiger partial charge in [-0.1, -0.05) is 6.07 Å². The van der Waals surface area contributed by atoms with Crippen LogP contribution in [0.5, 0.6) is 0 Å². The third-order valence-corrected chi connectivity index (χ3v) is 6.06. The highest BCUT2D eigenvalue weighted by atomic mass is 19.3. The molecule has 1 aliphatic rings. The number of anilines is 2. The summed E-state index contributed by atoms with van der Waals surface area (Å²) in [5.74, 6) is 0.990. The number of rotatable bonds is 6. The van der Waals surface area contributed by atoms with Crippen LogP contribution in [0.25, 0.3) is 11.3 Å². The van der Waals surface area contributed by atoms with Crippen molar-refractivity contribution in [1.82, 2.24) is 34.2 Å². The Morgan fingerprint density at radius 2 is 2.06 bits per heavy atom. The lowest BCUT2D eigenvalue weighted by Gasteiger charge is -2.34. The lowest BCUT2D eigenvalue weighted by Crippen LogP contribution is -2.45. The van der Waals surface area contributed by atoms with Crippen LogP contribution in [0, 0.1) is 6.92 Å². The van der Waals surface area contributed by atoms with Gasteiger partial charge in [0.2, 0.25) is 5.95 Å². The maximum atomic E-state index is 13.4. The third kappa shape index (κ3) is 4.36. The van der Waals surface area contributed by atoms with Gasteiger partial charge in [-0.3, -0.25) is 9.48 Å². The van der Waals surface area contributed by atoms with E-state index in [0.717, 1.165) is 16.9 Å². The Morgan fingerprint density at radius 1 is 1.23 bits per heavy atom. The van der Waals surface area contributed by atoms with Crippen LogP contribution in [0.1, 0.15) is 40.8 Å². The first-order chi connectivity index (χ1) is 16.8. The Hall–Kier alpha value is -4.15. The minimum Gasteiger partial charge on any atom is -0.341 e. The van der Waals surface area contributed by atoms with Crippen molar-refractivity contribution in [3.63, 3.8) is 0 Å². The largest absolute Gasteiger partial charge is 0.341 e. The maximum absolute atomic E-state index is 13.4. The number of carbonyl (C=O) groups excluding carboxylic acids is 1. The van der Waals surface area contributed by atoms with E-state index >= 15 is 0 Å². The fourth-order valence-corrected chi connectivity index (χ4v) is 4.22. The number of carbonyl (C=O) groups is 1. The van der Waals surface area contributed by atoms with Gasteiger partial charge in [-0.15, -0.1) is 0 Å². The molecule has 35 heavy (non-hydrogen) atoms. The molecule has 0 saturated carbocycles. The molecular formula is C24H24F2N8O. The van der Waals surface area contributed by atoms with Gasteiger partial charge in [-0.2, -0.15) is 5.10 Å². The number of alkyl halides is 2. The number of nitrogens with zero attached hydrogens (tertiary/aromatic N) is 7. The van der Waals surface area contributed by atoms with Crippen LogP contribution in [-0.4, -0.2) is 46.1 Å². The molecule has 1 atom stereocenters. The van der Waals surface area contributed by atoms with Gasteiger partial charge >= 0.3 is 0 Å². The molecule has 9 nitrogen and oxygen atoms in total. The van der Waals surface area contributed by atoms with E-state index in [1.54, 1.807) is 34.1 Å². The molecule has 0 unspecified atom stereocenters. The maximum Gasteiger partial charge on any atom is 0.280 e. The Labute approximate surface area is 200 Å². The molecule has 5 heterocycles. The molecule has 4 aromatic rings. The van der Waals surface area contributed by atoms with Gasteiger partial charge in [0.25, 0.3) is 12.3 Å². The van der Waals surface area contributed by atoms with E-state index in [-0.39, 0.29) is 24.2 Å². The summed E-state index contributed by atoms with van der Waals surface area (Å²) in [6, 6.07) is 7.98. The summed E-state index contributed by atoms with van der Waals surface area (Å²) in [6.07, 6.45) is 2.67. The zero-order valence-corrected chi connectivity index (χ0v) is 19.5. The molecule has 4 aromatic heterocycles. The van der Waals surface area contributed by atoms with E-state index in [0.29, 0.717) is 29.6 Å². The molecule has 1 N–H and O–H groups in total. The second kappa shape index (κ2) is 8.90. The van der Waals surface area contributed by atoms with Crippen LogP contribution >= 0.6 is 0 Å². The summed E-state index contributed by atoms with van der Waals surface area (Å²) < 4.78 is 29.7. The highest BCUT2D eigenvalue weighted by Crippen LogP contribution is 2.29. The average molecular weight is 479 g/mol. The Morgan fingerprint density at radius 3 is 2.80 bits per heavy atom. The minimum atomic E-state index is -2.66. The first-order valence-electron chi connectivity index (χ1n) is 11.1. The van der Waals surface area contributed by atoms with Crippen molar-refractivity contribution in [2.45, 2.75) is 39.4 Å². The molecule has 0 bridgehead atoms. The molecule has 180 valence electrons. The molecular weight excluding hydrogens is 454 g/mol. The van der Waals surface area contributed by atoms with Crippen molar-refractivity contribution < 1.29 is 13.6 Å². The second-order valence-corrected chi connectivity index (χ2v) is 8.59. The van der Waals surface area contributed by atoms with Gasteiger partial charge in [0.05, 0.1) is 24.1 Å². The monoisotopic (exact) mass is 478 g/mol. The number of pyridine rings is 1. The number of aromatic nitrogens is 6. The summed E-state index contributed by atoms with van der Waals surface area (Å²) in [4.78, 5) is 28.1. The highest BCUT2D eigenvalue weighted by molar-refractivity contribution is 5.95. The van der Waals surface area contributed by atoms with Gasteiger partial charge in [0, 0.05) is 43.7 Å². The summed E-state index contributed by atoms with van der Waals surface area (Å²) in [7, 11) is 1.82. The van der Waals surface area contributed by atoms with Crippen LogP contribution in [0.2, 0.25) is 0 Å². The topological polar surface area (TPSA) is 93.8 Å². The summed E-state index contributed by atoms with van der Waals surface area (Å²) in [6.45, 7) is 4.58. The SMILES string of the molecule is Cc1cnc(Nc2ccnn2C)nc1-c1cc2n(c1)C[C@@H](C)N(Cc1cccc(C(F)F)n1)C2=O. The molecule has 0 aromatic carbocycles. The molecule has 1 amide bonds. The van der Waals surface area contributed by atoms with Crippen molar-refractivity contribution in [3.05, 3.63) is 71.6 Å². The van der Waals surface area contributed by atoms with Crippen LogP contribution in [0.3, 0.4) is 0 Å². The molecule has 0 radical (unpaired) electrons. The van der Waals surface area contributed by atoms with E-state index < -0.39 is 6.43 Å². The number of halogens is 2. The quantitative estimate of drug-likeness (QED) is 0.448. The molecule has 0 spiro atoms. The molecule has 0 aliphatic carbocycles. The van der Waals surface area contributed by atoms with Gasteiger partial charge in [-0.05, 0) is 37.6 Å². The summed E-state index contributed by atoms with van der Waals surface area (Å²) >= 11 is 0. The van der Waals surface area contributed by atoms with Crippen LogP contribution in [0.15, 0.2) is 48.9 Å². The zero-order valence-electron chi connectivity index (χ0n) is 19.5. The van der Waals surface area contributed by atoms with Crippen LogP contribution in [-0.2, 0) is 20.1 Å². The smallest absolute Gasteiger partial charge is 0.280 e. The van der Waals surface area contributed by atoms with Crippen molar-refractivity contribution in [2.24, 2.45) is 7.05 Å². The zero-order chi connectivity index (χ0) is 24.7. The third-order valence-electron chi connectivity index (χ3n) is 6.06. The van der Waals surface area contributed by atoms with Gasteiger partial charge in [0.1, 0.15) is 17.2 Å². The number of hydrogen-bond donors (Lipinski definition) is 1. The first kappa shape index (κ1) is 22.6. The first-order valence-corrected chi connectivity index (χ1v) is 11.1. The Bertz CT molecular complexity index is 1400. The predicted molar refractivity (Wildman–Crippen MR) is 125 cm³/mol. The summed E-state index contributed by atoms with van der Waals surface area (Å²) in [5.41, 5.74) is 3.04. The van der Waals surface area contributed by atoms with Gasteiger partial charge in [0.15, 0.2) is 0 Å². The highest BCUT2D eigenvalue weighted by Gasteiger charge is 2.31. The minimum absolute atomic E-state index is 0.138. The Balaban J connectivity index is 1.42. The molecule has 0 saturated heterocycles.